The normalized spacial score (nSPS) is 16.2. The first-order chi connectivity index (χ1) is 12.7. The monoisotopic (exact) mass is 371 g/mol. The first kappa shape index (κ1) is 16.9. The van der Waals surface area contributed by atoms with E-state index >= 15 is 0 Å². The maximum atomic E-state index is 13.3. The zero-order valence-electron chi connectivity index (χ0n) is 14.3. The van der Waals surface area contributed by atoms with E-state index in [-0.39, 0.29) is 11.7 Å². The summed E-state index contributed by atoms with van der Waals surface area (Å²) in [5, 5.41) is 0.981. The van der Waals surface area contributed by atoms with E-state index in [1.165, 1.54) is 17.0 Å². The van der Waals surface area contributed by atoms with Gasteiger partial charge in [-0.25, -0.2) is 14.2 Å². The van der Waals surface area contributed by atoms with Crippen molar-refractivity contribution >= 4 is 17.9 Å². The van der Waals surface area contributed by atoms with E-state index in [2.05, 4.69) is 4.57 Å². The number of fused-ring (bicyclic) bond motifs is 1. The van der Waals surface area contributed by atoms with Gasteiger partial charge in [0.25, 0.3) is 0 Å². The topological polar surface area (TPSA) is 47.4 Å². The summed E-state index contributed by atoms with van der Waals surface area (Å²) in [6, 6.07) is 6.41. The molecule has 2 aliphatic heterocycles. The second-order valence-corrected chi connectivity index (χ2v) is 7.01. The molecule has 1 aromatic carbocycles. The van der Waals surface area contributed by atoms with Crippen LogP contribution in [0.25, 0.3) is 11.3 Å². The van der Waals surface area contributed by atoms with Gasteiger partial charge in [0.1, 0.15) is 5.82 Å². The van der Waals surface area contributed by atoms with E-state index in [1.54, 1.807) is 43.2 Å². The number of benzene rings is 1. The highest BCUT2D eigenvalue weighted by molar-refractivity contribution is 7.99. The highest BCUT2D eigenvalue weighted by atomic mass is 32.2. The molecule has 0 radical (unpaired) electrons. The molecule has 0 saturated heterocycles. The summed E-state index contributed by atoms with van der Waals surface area (Å²) >= 11 is 1.72. The number of halogens is 1. The van der Waals surface area contributed by atoms with Crippen LogP contribution in [0.1, 0.15) is 18.5 Å². The number of rotatable bonds is 3. The first-order valence-corrected chi connectivity index (χ1v) is 9.47. The minimum absolute atomic E-state index is 0.0133. The van der Waals surface area contributed by atoms with E-state index in [1.807, 2.05) is 12.2 Å². The van der Waals surface area contributed by atoms with Gasteiger partial charge in [0.2, 0.25) is 0 Å². The van der Waals surface area contributed by atoms with Crippen molar-refractivity contribution in [3.63, 3.8) is 0 Å². The minimum atomic E-state index is -0.397. The van der Waals surface area contributed by atoms with Crippen LogP contribution >= 0.6 is 11.8 Å². The lowest BCUT2D eigenvalue weighted by Crippen LogP contribution is -2.23. The van der Waals surface area contributed by atoms with Crippen LogP contribution in [-0.4, -0.2) is 32.9 Å². The molecule has 0 bridgehead atoms. The molecular formula is C19H18FN3O2S. The Morgan fingerprint density at radius 3 is 2.73 bits per heavy atom. The SMILES string of the molecule is CCOC(=O)N1C=CC(c2c(-c3ccc(F)cc3)nc3n2CCS3)C=C1. The third kappa shape index (κ3) is 3.03. The summed E-state index contributed by atoms with van der Waals surface area (Å²) < 4.78 is 20.5. The summed E-state index contributed by atoms with van der Waals surface area (Å²) in [6.07, 6.45) is 6.96. The molecule has 26 heavy (non-hydrogen) atoms. The number of carbonyl (C=O) groups excluding carboxylic acids is 1. The van der Waals surface area contributed by atoms with E-state index in [9.17, 15) is 9.18 Å². The summed E-state index contributed by atoms with van der Waals surface area (Å²) in [4.78, 5) is 18.0. The van der Waals surface area contributed by atoms with Crippen molar-refractivity contribution in [2.45, 2.75) is 24.5 Å². The number of nitrogens with zero attached hydrogens (tertiary/aromatic N) is 3. The van der Waals surface area contributed by atoms with Crippen LogP contribution in [0.3, 0.4) is 0 Å². The third-order valence-electron chi connectivity index (χ3n) is 4.34. The summed E-state index contributed by atoms with van der Waals surface area (Å²) in [6.45, 7) is 3.01. The second-order valence-electron chi connectivity index (χ2n) is 5.95. The lowest BCUT2D eigenvalue weighted by Gasteiger charge is -2.21. The van der Waals surface area contributed by atoms with Crippen molar-refractivity contribution in [1.82, 2.24) is 14.5 Å². The fourth-order valence-electron chi connectivity index (χ4n) is 3.14. The molecule has 134 valence electrons. The largest absolute Gasteiger partial charge is 0.449 e. The van der Waals surface area contributed by atoms with Crippen LogP contribution in [0.5, 0.6) is 0 Å². The lowest BCUT2D eigenvalue weighted by atomic mass is 9.98. The molecular weight excluding hydrogens is 353 g/mol. The second kappa shape index (κ2) is 6.99. The van der Waals surface area contributed by atoms with Gasteiger partial charge >= 0.3 is 6.09 Å². The molecule has 0 saturated carbocycles. The quantitative estimate of drug-likeness (QED) is 0.803. The van der Waals surface area contributed by atoms with Crippen molar-refractivity contribution in [2.24, 2.45) is 0 Å². The smallest absolute Gasteiger partial charge is 0.417 e. The molecule has 0 aliphatic carbocycles. The van der Waals surface area contributed by atoms with Crippen LogP contribution in [0.15, 0.2) is 54.0 Å². The molecule has 0 unspecified atom stereocenters. The summed E-state index contributed by atoms with van der Waals surface area (Å²) in [5.41, 5.74) is 2.81. The molecule has 5 nitrogen and oxygen atoms in total. The van der Waals surface area contributed by atoms with E-state index in [4.69, 9.17) is 9.72 Å². The Labute approximate surface area is 155 Å². The van der Waals surface area contributed by atoms with Crippen molar-refractivity contribution < 1.29 is 13.9 Å². The molecule has 2 aliphatic rings. The van der Waals surface area contributed by atoms with E-state index in [0.29, 0.717) is 6.61 Å². The molecule has 1 amide bonds. The standard InChI is InChI=1S/C19H18FN3O2S/c1-2-25-19(24)22-9-7-14(8-10-22)17-16(13-3-5-15(20)6-4-13)21-18-23(17)11-12-26-18/h3-10,14H,2,11-12H2,1H3. The first-order valence-electron chi connectivity index (χ1n) is 8.48. The highest BCUT2D eigenvalue weighted by Crippen LogP contribution is 2.38. The maximum absolute atomic E-state index is 13.3. The molecule has 0 spiro atoms. The van der Waals surface area contributed by atoms with Crippen LogP contribution in [0.2, 0.25) is 0 Å². The van der Waals surface area contributed by atoms with Gasteiger partial charge in [0.15, 0.2) is 5.16 Å². The van der Waals surface area contributed by atoms with Crippen molar-refractivity contribution in [2.75, 3.05) is 12.4 Å². The molecule has 0 atom stereocenters. The van der Waals surface area contributed by atoms with Crippen LogP contribution in [0, 0.1) is 5.82 Å². The van der Waals surface area contributed by atoms with Crippen molar-refractivity contribution in [3.05, 3.63) is 60.3 Å². The number of allylic oxidation sites excluding steroid dienone is 2. The Balaban J connectivity index is 1.69. The number of hydrogen-bond donors (Lipinski definition) is 0. The molecule has 3 heterocycles. The Hall–Kier alpha value is -2.54. The number of thioether (sulfide) groups is 1. The van der Waals surface area contributed by atoms with Crippen LogP contribution in [0.4, 0.5) is 9.18 Å². The van der Waals surface area contributed by atoms with Crippen LogP contribution < -0.4 is 0 Å². The van der Waals surface area contributed by atoms with E-state index in [0.717, 1.165) is 34.4 Å². The van der Waals surface area contributed by atoms with Gasteiger partial charge in [-0.2, -0.15) is 0 Å². The number of amides is 1. The zero-order valence-corrected chi connectivity index (χ0v) is 15.1. The number of carbonyl (C=O) groups is 1. The number of ether oxygens (including phenoxy) is 1. The zero-order chi connectivity index (χ0) is 18.1. The lowest BCUT2D eigenvalue weighted by molar-refractivity contribution is 0.133. The van der Waals surface area contributed by atoms with Gasteiger partial charge in [-0.1, -0.05) is 23.9 Å². The predicted octanol–water partition coefficient (Wildman–Crippen LogP) is 4.38. The van der Waals surface area contributed by atoms with Gasteiger partial charge in [-0.15, -0.1) is 0 Å². The average molecular weight is 371 g/mol. The molecule has 4 rings (SSSR count). The molecule has 0 N–H and O–H groups in total. The number of aromatic nitrogens is 2. The van der Waals surface area contributed by atoms with Crippen molar-refractivity contribution in [3.8, 4) is 11.3 Å². The highest BCUT2D eigenvalue weighted by Gasteiger charge is 2.27. The average Bonchev–Trinajstić information content (AvgIpc) is 3.24. The Bertz CT molecular complexity index is 875. The van der Waals surface area contributed by atoms with Crippen LogP contribution in [-0.2, 0) is 11.3 Å². The van der Waals surface area contributed by atoms with Gasteiger partial charge < -0.3 is 9.30 Å². The Kier molecular flexibility index (Phi) is 4.55. The molecule has 1 aromatic heterocycles. The van der Waals surface area contributed by atoms with Gasteiger partial charge in [0.05, 0.1) is 18.0 Å². The van der Waals surface area contributed by atoms with Gasteiger partial charge in [-0.05, 0) is 31.2 Å². The third-order valence-corrected chi connectivity index (χ3v) is 5.29. The van der Waals surface area contributed by atoms with E-state index < -0.39 is 6.09 Å². The molecule has 0 fully saturated rings. The number of hydrogen-bond acceptors (Lipinski definition) is 4. The number of imidazole rings is 1. The summed E-state index contributed by atoms with van der Waals surface area (Å²) in [7, 11) is 0. The van der Waals surface area contributed by atoms with Gasteiger partial charge in [0, 0.05) is 36.2 Å². The summed E-state index contributed by atoms with van der Waals surface area (Å²) in [5.74, 6) is 0.716. The fraction of sp³-hybridized carbons (Fsp3) is 0.263. The van der Waals surface area contributed by atoms with Gasteiger partial charge in [-0.3, -0.25) is 4.90 Å². The minimum Gasteiger partial charge on any atom is -0.449 e. The fourth-order valence-corrected chi connectivity index (χ4v) is 4.10. The predicted molar refractivity (Wildman–Crippen MR) is 98.2 cm³/mol. The Morgan fingerprint density at radius 1 is 1.31 bits per heavy atom. The van der Waals surface area contributed by atoms with Crippen molar-refractivity contribution in [1.29, 1.82) is 0 Å². The Morgan fingerprint density at radius 2 is 2.04 bits per heavy atom. The maximum Gasteiger partial charge on any atom is 0.417 e. The molecule has 2 aromatic rings. The molecule has 7 heteroatoms.